The first-order valence-corrected chi connectivity index (χ1v) is 8.40. The Labute approximate surface area is 111 Å². The zero-order chi connectivity index (χ0) is 12.7. The number of rotatable bonds is 4. The highest BCUT2D eigenvalue weighted by atomic mass is 32.2. The third-order valence-corrected chi connectivity index (χ3v) is 5.25. The maximum atomic E-state index is 11.6. The van der Waals surface area contributed by atoms with E-state index in [0.717, 1.165) is 26.1 Å². The van der Waals surface area contributed by atoms with E-state index in [2.05, 4.69) is 16.8 Å². The van der Waals surface area contributed by atoms with E-state index in [0.29, 0.717) is 5.92 Å². The average Bonchev–Trinajstić information content (AvgIpc) is 3.13. The van der Waals surface area contributed by atoms with Crippen molar-refractivity contribution in [1.29, 1.82) is 0 Å². The van der Waals surface area contributed by atoms with Crippen LogP contribution in [0.4, 0.5) is 0 Å². The van der Waals surface area contributed by atoms with Crippen LogP contribution in [0.2, 0.25) is 0 Å². The monoisotopic (exact) mass is 267 g/mol. The molecule has 0 aromatic carbocycles. The summed E-state index contributed by atoms with van der Waals surface area (Å²) in [6.07, 6.45) is 5.39. The number of nitrogens with zero attached hydrogens (tertiary/aromatic N) is 2. The van der Waals surface area contributed by atoms with E-state index in [1.807, 2.05) is 0 Å². The fraction of sp³-hybridized carbons (Fsp3) is 0.769. The molecule has 0 amide bonds. The largest absolute Gasteiger partial charge is 0.330 e. The number of hydrogen-bond acceptors (Lipinski definition) is 3. The van der Waals surface area contributed by atoms with Gasteiger partial charge in [-0.25, -0.2) is 4.98 Å². The molecule has 0 saturated heterocycles. The molecule has 1 aliphatic carbocycles. The van der Waals surface area contributed by atoms with E-state index in [4.69, 9.17) is 4.98 Å². The van der Waals surface area contributed by atoms with Crippen molar-refractivity contribution >= 4 is 10.8 Å². The van der Waals surface area contributed by atoms with Crippen molar-refractivity contribution in [3.8, 4) is 0 Å². The minimum atomic E-state index is -0.761. The lowest BCUT2D eigenvalue weighted by Gasteiger charge is -2.18. The second-order valence-corrected chi connectivity index (χ2v) is 7.29. The predicted octanol–water partition coefficient (Wildman–Crippen LogP) is 1.17. The third-order valence-electron chi connectivity index (χ3n) is 3.96. The number of nitrogens with one attached hydrogen (secondary N) is 1. The van der Waals surface area contributed by atoms with Crippen molar-refractivity contribution in [3.05, 3.63) is 17.2 Å². The second kappa shape index (κ2) is 4.78. The van der Waals surface area contributed by atoms with Gasteiger partial charge in [-0.1, -0.05) is 0 Å². The van der Waals surface area contributed by atoms with Gasteiger partial charge in [0.15, 0.2) is 0 Å². The molecule has 2 aliphatic rings. The van der Waals surface area contributed by atoms with Crippen molar-refractivity contribution in [3.63, 3.8) is 0 Å². The lowest BCUT2D eigenvalue weighted by Crippen LogP contribution is -2.27. The maximum absolute atomic E-state index is 11.6. The van der Waals surface area contributed by atoms with Crippen LogP contribution >= 0.6 is 0 Å². The van der Waals surface area contributed by atoms with Crippen LogP contribution in [0, 0.1) is 0 Å². The molecule has 1 aromatic rings. The standard InChI is InChI=1S/C13H21N3OS/c1-9(18(2)17)8-16-12-5-6-14-7-11(12)15-13(16)10-3-4-10/h9-10,14H,3-8H2,1-2H3. The van der Waals surface area contributed by atoms with Gasteiger partial charge in [0.25, 0.3) is 0 Å². The molecular weight excluding hydrogens is 246 g/mol. The highest BCUT2D eigenvalue weighted by Gasteiger charge is 2.32. The van der Waals surface area contributed by atoms with Gasteiger partial charge in [0, 0.05) is 60.0 Å². The summed E-state index contributed by atoms with van der Waals surface area (Å²) in [5, 5.41) is 3.59. The van der Waals surface area contributed by atoms with Crippen LogP contribution in [-0.4, -0.2) is 31.8 Å². The molecule has 5 heteroatoms. The molecule has 2 heterocycles. The summed E-state index contributed by atoms with van der Waals surface area (Å²) in [5.74, 6) is 1.91. The SMILES string of the molecule is CC(Cn1c(C2CC2)nc2c1CCNC2)S(C)=O. The molecule has 0 radical (unpaired) electrons. The van der Waals surface area contributed by atoms with Gasteiger partial charge in [-0.05, 0) is 19.8 Å². The van der Waals surface area contributed by atoms with Gasteiger partial charge in [0.2, 0.25) is 0 Å². The number of fused-ring (bicyclic) bond motifs is 1. The fourth-order valence-corrected chi connectivity index (χ4v) is 2.97. The number of hydrogen-bond donors (Lipinski definition) is 1. The summed E-state index contributed by atoms with van der Waals surface area (Å²) in [7, 11) is -0.761. The highest BCUT2D eigenvalue weighted by Crippen LogP contribution is 2.40. The smallest absolute Gasteiger partial charge is 0.112 e. The molecule has 4 nitrogen and oxygen atoms in total. The molecule has 0 bridgehead atoms. The Balaban J connectivity index is 1.94. The van der Waals surface area contributed by atoms with Crippen LogP contribution < -0.4 is 5.32 Å². The first-order chi connectivity index (χ1) is 8.66. The van der Waals surface area contributed by atoms with Crippen molar-refractivity contribution < 1.29 is 4.21 Å². The van der Waals surface area contributed by atoms with Crippen LogP contribution in [0.3, 0.4) is 0 Å². The van der Waals surface area contributed by atoms with Crippen molar-refractivity contribution in [2.75, 3.05) is 12.8 Å². The van der Waals surface area contributed by atoms with Crippen LogP contribution in [-0.2, 0) is 30.3 Å². The van der Waals surface area contributed by atoms with Gasteiger partial charge < -0.3 is 9.88 Å². The minimum absolute atomic E-state index is 0.204. The summed E-state index contributed by atoms with van der Waals surface area (Å²) in [6.45, 7) is 4.86. The summed E-state index contributed by atoms with van der Waals surface area (Å²) in [4.78, 5) is 4.83. The Morgan fingerprint density at radius 1 is 1.56 bits per heavy atom. The van der Waals surface area contributed by atoms with Crippen molar-refractivity contribution in [2.45, 2.75) is 50.4 Å². The van der Waals surface area contributed by atoms with E-state index >= 15 is 0 Å². The molecule has 2 unspecified atom stereocenters. The van der Waals surface area contributed by atoms with E-state index < -0.39 is 10.8 Å². The molecule has 1 aromatic heterocycles. The molecule has 3 rings (SSSR count). The van der Waals surface area contributed by atoms with E-state index in [1.54, 1.807) is 6.26 Å². The Bertz CT molecular complexity index is 479. The lowest BCUT2D eigenvalue weighted by atomic mass is 10.2. The zero-order valence-electron chi connectivity index (χ0n) is 11.1. The van der Waals surface area contributed by atoms with Crippen molar-refractivity contribution in [2.24, 2.45) is 0 Å². The van der Waals surface area contributed by atoms with Crippen LogP contribution in [0.15, 0.2) is 0 Å². The Morgan fingerprint density at radius 2 is 2.33 bits per heavy atom. The molecule has 1 aliphatic heterocycles. The van der Waals surface area contributed by atoms with E-state index in [1.165, 1.54) is 30.1 Å². The normalized spacial score (nSPS) is 22.6. The first-order valence-electron chi connectivity index (χ1n) is 6.78. The van der Waals surface area contributed by atoms with Crippen LogP contribution in [0.5, 0.6) is 0 Å². The average molecular weight is 267 g/mol. The molecule has 1 N–H and O–H groups in total. The molecule has 1 fully saturated rings. The van der Waals surface area contributed by atoms with Gasteiger partial charge >= 0.3 is 0 Å². The van der Waals surface area contributed by atoms with Crippen LogP contribution in [0.25, 0.3) is 0 Å². The summed E-state index contributed by atoms with van der Waals surface area (Å²) >= 11 is 0. The lowest BCUT2D eigenvalue weighted by molar-refractivity contribution is 0.569. The van der Waals surface area contributed by atoms with Gasteiger partial charge in [0.05, 0.1) is 5.69 Å². The van der Waals surface area contributed by atoms with E-state index in [9.17, 15) is 4.21 Å². The van der Waals surface area contributed by atoms with Gasteiger partial charge in [-0.3, -0.25) is 4.21 Å². The van der Waals surface area contributed by atoms with Crippen LogP contribution in [0.1, 0.15) is 42.9 Å². The van der Waals surface area contributed by atoms with E-state index in [-0.39, 0.29) is 5.25 Å². The molecule has 100 valence electrons. The summed E-state index contributed by atoms with van der Waals surface area (Å²) in [6, 6.07) is 0. The Hall–Kier alpha value is -0.680. The first kappa shape index (κ1) is 12.4. The second-order valence-electron chi connectivity index (χ2n) is 5.48. The molecule has 2 atom stereocenters. The quantitative estimate of drug-likeness (QED) is 0.891. The molecule has 1 saturated carbocycles. The predicted molar refractivity (Wildman–Crippen MR) is 73.1 cm³/mol. The van der Waals surface area contributed by atoms with Gasteiger partial charge in [-0.2, -0.15) is 0 Å². The van der Waals surface area contributed by atoms with Gasteiger partial charge in [0.1, 0.15) is 5.82 Å². The maximum Gasteiger partial charge on any atom is 0.112 e. The number of imidazole rings is 1. The Morgan fingerprint density at radius 3 is 3.00 bits per heavy atom. The summed E-state index contributed by atoms with van der Waals surface area (Å²) < 4.78 is 14.0. The molecule has 18 heavy (non-hydrogen) atoms. The Kier molecular flexibility index (Phi) is 3.28. The molecular formula is C13H21N3OS. The third kappa shape index (κ3) is 2.26. The summed E-state index contributed by atoms with van der Waals surface area (Å²) in [5.41, 5.74) is 2.60. The topological polar surface area (TPSA) is 46.9 Å². The van der Waals surface area contributed by atoms with Crippen molar-refractivity contribution in [1.82, 2.24) is 14.9 Å². The van der Waals surface area contributed by atoms with Gasteiger partial charge in [-0.15, -0.1) is 0 Å². The fourth-order valence-electron chi connectivity index (χ4n) is 2.61. The number of aromatic nitrogens is 2. The molecule has 0 spiro atoms. The highest BCUT2D eigenvalue weighted by molar-refractivity contribution is 7.84. The minimum Gasteiger partial charge on any atom is -0.330 e. The zero-order valence-corrected chi connectivity index (χ0v) is 11.9.